The van der Waals surface area contributed by atoms with Crippen LogP contribution in [-0.2, 0) is 11.2 Å². The Morgan fingerprint density at radius 1 is 1.60 bits per heavy atom. The van der Waals surface area contributed by atoms with Gasteiger partial charge in [-0.2, -0.15) is 0 Å². The van der Waals surface area contributed by atoms with Gasteiger partial charge in [0.25, 0.3) is 0 Å². The van der Waals surface area contributed by atoms with Gasteiger partial charge in [0.1, 0.15) is 6.04 Å². The average molecular weight is 280 g/mol. The number of urea groups is 1. The highest BCUT2D eigenvalue weighted by Crippen LogP contribution is 2.16. The van der Waals surface area contributed by atoms with Crippen molar-refractivity contribution < 1.29 is 14.7 Å². The number of hydrogen-bond acceptors (Lipinski definition) is 3. The molecule has 1 fully saturated rings. The van der Waals surface area contributed by atoms with Gasteiger partial charge in [0.2, 0.25) is 0 Å². The molecule has 0 saturated carbocycles. The standard InChI is InChI=1S/C13H20N4O3/c1-9-4-2-3-5-17(9)13(20)16-11(12(18)19)6-10-7-14-8-15-10/h7-9,11H,2-6H2,1H3,(H,14,15)(H,16,20)(H,18,19)/t9?,11-/m0/s1. The number of carbonyl (C=O) groups is 2. The molecule has 1 aliphatic rings. The van der Waals surface area contributed by atoms with Gasteiger partial charge < -0.3 is 20.3 Å². The van der Waals surface area contributed by atoms with Crippen molar-refractivity contribution in [1.82, 2.24) is 20.2 Å². The summed E-state index contributed by atoms with van der Waals surface area (Å²) in [6.07, 6.45) is 6.29. The van der Waals surface area contributed by atoms with E-state index in [9.17, 15) is 14.7 Å². The van der Waals surface area contributed by atoms with Gasteiger partial charge in [0, 0.05) is 30.9 Å². The highest BCUT2D eigenvalue weighted by molar-refractivity contribution is 5.83. The van der Waals surface area contributed by atoms with E-state index in [0.717, 1.165) is 19.3 Å². The van der Waals surface area contributed by atoms with Gasteiger partial charge in [-0.05, 0) is 26.2 Å². The second-order valence-electron chi connectivity index (χ2n) is 5.16. The molecule has 2 rings (SSSR count). The van der Waals surface area contributed by atoms with Crippen LogP contribution in [0.2, 0.25) is 0 Å². The lowest BCUT2D eigenvalue weighted by atomic mass is 10.0. The van der Waals surface area contributed by atoms with E-state index in [2.05, 4.69) is 15.3 Å². The summed E-state index contributed by atoms with van der Waals surface area (Å²) >= 11 is 0. The molecule has 2 heterocycles. The molecule has 0 radical (unpaired) electrons. The highest BCUT2D eigenvalue weighted by atomic mass is 16.4. The summed E-state index contributed by atoms with van der Waals surface area (Å²) in [5.41, 5.74) is 0.685. The molecule has 0 aromatic carbocycles. The number of likely N-dealkylation sites (tertiary alicyclic amines) is 1. The van der Waals surface area contributed by atoms with Crippen molar-refractivity contribution in [3.8, 4) is 0 Å². The van der Waals surface area contributed by atoms with Gasteiger partial charge in [-0.1, -0.05) is 0 Å². The van der Waals surface area contributed by atoms with E-state index >= 15 is 0 Å². The van der Waals surface area contributed by atoms with Crippen molar-refractivity contribution in [3.63, 3.8) is 0 Å². The minimum Gasteiger partial charge on any atom is -0.480 e. The van der Waals surface area contributed by atoms with Crippen LogP contribution >= 0.6 is 0 Å². The minimum atomic E-state index is -1.04. The summed E-state index contributed by atoms with van der Waals surface area (Å²) in [7, 11) is 0. The predicted molar refractivity (Wildman–Crippen MR) is 72.3 cm³/mol. The molecule has 1 aliphatic heterocycles. The third kappa shape index (κ3) is 3.49. The fourth-order valence-electron chi connectivity index (χ4n) is 2.45. The Morgan fingerprint density at radius 2 is 2.40 bits per heavy atom. The van der Waals surface area contributed by atoms with Gasteiger partial charge in [-0.25, -0.2) is 14.6 Å². The fraction of sp³-hybridized carbons (Fsp3) is 0.615. The van der Waals surface area contributed by atoms with Crippen LogP contribution in [0.3, 0.4) is 0 Å². The summed E-state index contributed by atoms with van der Waals surface area (Å²) in [5.74, 6) is -1.04. The molecule has 1 aromatic heterocycles. The Balaban J connectivity index is 1.96. The number of carbonyl (C=O) groups excluding carboxylic acids is 1. The molecule has 2 amide bonds. The van der Waals surface area contributed by atoms with Gasteiger partial charge in [0.05, 0.1) is 6.33 Å². The number of nitrogens with zero attached hydrogens (tertiary/aromatic N) is 2. The normalized spacial score (nSPS) is 20.4. The number of imidazole rings is 1. The number of nitrogens with one attached hydrogen (secondary N) is 2. The van der Waals surface area contributed by atoms with E-state index in [0.29, 0.717) is 12.2 Å². The summed E-state index contributed by atoms with van der Waals surface area (Å²) < 4.78 is 0. The van der Waals surface area contributed by atoms with Crippen LogP contribution < -0.4 is 5.32 Å². The number of aromatic nitrogens is 2. The molecule has 110 valence electrons. The van der Waals surface area contributed by atoms with Crippen molar-refractivity contribution in [1.29, 1.82) is 0 Å². The Kier molecular flexibility index (Phi) is 4.60. The zero-order valence-corrected chi connectivity index (χ0v) is 11.5. The lowest BCUT2D eigenvalue weighted by Gasteiger charge is -2.34. The van der Waals surface area contributed by atoms with Crippen LogP contribution in [-0.4, -0.2) is 50.6 Å². The van der Waals surface area contributed by atoms with Crippen LogP contribution in [0.1, 0.15) is 31.9 Å². The lowest BCUT2D eigenvalue weighted by Crippen LogP contribution is -2.52. The zero-order chi connectivity index (χ0) is 14.5. The molecular weight excluding hydrogens is 260 g/mol. The molecule has 3 N–H and O–H groups in total. The molecule has 20 heavy (non-hydrogen) atoms. The maximum Gasteiger partial charge on any atom is 0.326 e. The maximum absolute atomic E-state index is 12.2. The van der Waals surface area contributed by atoms with Crippen LogP contribution in [0.25, 0.3) is 0 Å². The average Bonchev–Trinajstić information content (AvgIpc) is 2.91. The molecule has 7 nitrogen and oxygen atoms in total. The minimum absolute atomic E-state index is 0.158. The van der Waals surface area contributed by atoms with E-state index in [1.165, 1.54) is 6.33 Å². The third-order valence-electron chi connectivity index (χ3n) is 3.64. The molecule has 1 saturated heterocycles. The van der Waals surface area contributed by atoms with Crippen LogP contribution in [0.15, 0.2) is 12.5 Å². The molecule has 1 aromatic rings. The predicted octanol–water partition coefficient (Wildman–Crippen LogP) is 0.989. The summed E-state index contributed by atoms with van der Waals surface area (Å²) in [5, 5.41) is 11.8. The van der Waals surface area contributed by atoms with Crippen LogP contribution in [0.4, 0.5) is 4.79 Å². The first-order chi connectivity index (χ1) is 9.58. The molecule has 0 spiro atoms. The van der Waals surface area contributed by atoms with Crippen molar-refractivity contribution in [2.45, 2.75) is 44.7 Å². The van der Waals surface area contributed by atoms with Gasteiger partial charge in [-0.15, -0.1) is 0 Å². The Morgan fingerprint density at radius 3 is 3.00 bits per heavy atom. The first kappa shape index (κ1) is 14.4. The summed E-state index contributed by atoms with van der Waals surface area (Å²) in [6.45, 7) is 2.67. The number of hydrogen-bond donors (Lipinski definition) is 3. The number of carboxylic acid groups (broad SMARTS) is 1. The number of piperidine rings is 1. The van der Waals surface area contributed by atoms with Crippen LogP contribution in [0.5, 0.6) is 0 Å². The third-order valence-corrected chi connectivity index (χ3v) is 3.64. The SMILES string of the molecule is CC1CCCCN1C(=O)N[C@@H](Cc1cnc[nH]1)C(=O)O. The molecule has 2 atom stereocenters. The number of aliphatic carboxylic acids is 1. The summed E-state index contributed by atoms with van der Waals surface area (Å²) in [6, 6.07) is -1.09. The van der Waals surface area contributed by atoms with Gasteiger partial charge in [0.15, 0.2) is 0 Å². The van der Waals surface area contributed by atoms with E-state index in [-0.39, 0.29) is 18.5 Å². The number of rotatable bonds is 4. The maximum atomic E-state index is 12.2. The van der Waals surface area contributed by atoms with Gasteiger partial charge in [-0.3, -0.25) is 0 Å². The molecule has 0 bridgehead atoms. The van der Waals surface area contributed by atoms with Crippen molar-refractivity contribution in [2.24, 2.45) is 0 Å². The van der Waals surface area contributed by atoms with E-state index in [4.69, 9.17) is 0 Å². The van der Waals surface area contributed by atoms with Crippen molar-refractivity contribution >= 4 is 12.0 Å². The van der Waals surface area contributed by atoms with E-state index < -0.39 is 12.0 Å². The Bertz CT molecular complexity index is 460. The fourth-order valence-corrected chi connectivity index (χ4v) is 2.45. The van der Waals surface area contributed by atoms with Crippen LogP contribution in [0, 0.1) is 0 Å². The van der Waals surface area contributed by atoms with E-state index in [1.807, 2.05) is 6.92 Å². The molecule has 1 unspecified atom stereocenters. The first-order valence-electron chi connectivity index (χ1n) is 6.85. The Labute approximate surface area is 117 Å². The van der Waals surface area contributed by atoms with Gasteiger partial charge >= 0.3 is 12.0 Å². The smallest absolute Gasteiger partial charge is 0.326 e. The second kappa shape index (κ2) is 6.40. The molecule has 0 aliphatic carbocycles. The zero-order valence-electron chi connectivity index (χ0n) is 11.5. The second-order valence-corrected chi connectivity index (χ2v) is 5.16. The number of H-pyrrole nitrogens is 1. The van der Waals surface area contributed by atoms with Crippen molar-refractivity contribution in [3.05, 3.63) is 18.2 Å². The first-order valence-corrected chi connectivity index (χ1v) is 6.85. The highest BCUT2D eigenvalue weighted by Gasteiger charge is 2.27. The Hall–Kier alpha value is -2.05. The molecular formula is C13H20N4O3. The largest absolute Gasteiger partial charge is 0.480 e. The number of carboxylic acids is 1. The topological polar surface area (TPSA) is 98.3 Å². The monoisotopic (exact) mass is 280 g/mol. The number of aromatic amines is 1. The van der Waals surface area contributed by atoms with E-state index in [1.54, 1.807) is 11.1 Å². The lowest BCUT2D eigenvalue weighted by molar-refractivity contribution is -0.139. The number of amides is 2. The van der Waals surface area contributed by atoms with Crippen molar-refractivity contribution in [2.75, 3.05) is 6.54 Å². The quantitative estimate of drug-likeness (QED) is 0.766. The summed E-state index contributed by atoms with van der Waals surface area (Å²) in [4.78, 5) is 31.8. The molecule has 7 heteroatoms.